The van der Waals surface area contributed by atoms with Crippen LogP contribution in [-0.4, -0.2) is 44.9 Å². The van der Waals surface area contributed by atoms with Gasteiger partial charge in [-0.1, -0.05) is 36.4 Å². The number of anilines is 1. The molecule has 4 rings (SSSR count). The van der Waals surface area contributed by atoms with Crippen molar-refractivity contribution >= 4 is 39.6 Å². The van der Waals surface area contributed by atoms with E-state index in [4.69, 9.17) is 4.98 Å². The van der Waals surface area contributed by atoms with Gasteiger partial charge in [0.2, 0.25) is 0 Å². The number of carbonyl (C=O) groups is 2. The number of aromatic nitrogens is 3. The number of fused-ring (bicyclic) bond motifs is 1. The highest BCUT2D eigenvalue weighted by Gasteiger charge is 2.20. The van der Waals surface area contributed by atoms with E-state index in [1.165, 1.54) is 4.90 Å². The fourth-order valence-electron chi connectivity index (χ4n) is 3.62. The van der Waals surface area contributed by atoms with Gasteiger partial charge in [0.25, 0.3) is 11.1 Å². The van der Waals surface area contributed by atoms with Crippen molar-refractivity contribution in [1.29, 1.82) is 0 Å². The number of nitrogens with one attached hydrogen (secondary N) is 1. The maximum atomic E-state index is 13.6. The van der Waals surface area contributed by atoms with E-state index in [1.54, 1.807) is 26.4 Å². The molecule has 2 aromatic carbocycles. The van der Waals surface area contributed by atoms with E-state index in [-0.39, 0.29) is 17.2 Å². The average molecular weight is 474 g/mol. The number of hydrogen-bond donors (Lipinski definition) is 1. The number of aryl methyl sites for hydroxylation is 1. The van der Waals surface area contributed by atoms with Gasteiger partial charge in [-0.25, -0.2) is 9.67 Å². The van der Waals surface area contributed by atoms with Crippen molar-refractivity contribution in [3.63, 3.8) is 0 Å². The molecule has 0 radical (unpaired) electrons. The summed E-state index contributed by atoms with van der Waals surface area (Å²) in [5, 5.41) is 8.06. The van der Waals surface area contributed by atoms with Crippen LogP contribution in [0.5, 0.6) is 0 Å². The Bertz CT molecular complexity index is 1380. The number of benzene rings is 2. The molecule has 0 spiro atoms. The summed E-state index contributed by atoms with van der Waals surface area (Å²) in [5.41, 5.74) is 4.46. The molecule has 0 atom stereocenters. The van der Waals surface area contributed by atoms with Gasteiger partial charge < -0.3 is 10.2 Å². The van der Waals surface area contributed by atoms with Crippen molar-refractivity contribution < 1.29 is 9.59 Å². The molecule has 2 aromatic heterocycles. The van der Waals surface area contributed by atoms with Gasteiger partial charge in [0, 0.05) is 30.6 Å². The molecular weight excluding hydrogens is 446 g/mol. The third kappa shape index (κ3) is 4.68. The Labute approximate surface area is 203 Å². The topological polar surface area (TPSA) is 80.1 Å². The number of nitrogens with zero attached hydrogens (tertiary/aromatic N) is 4. The van der Waals surface area contributed by atoms with Crippen molar-refractivity contribution in [1.82, 2.24) is 19.7 Å². The lowest BCUT2D eigenvalue weighted by atomic mass is 10.0. The number of hydrogen-bond acceptors (Lipinski definition) is 5. The van der Waals surface area contributed by atoms with Crippen LogP contribution in [0.15, 0.2) is 65.7 Å². The fourth-order valence-corrected chi connectivity index (χ4v) is 4.36. The van der Waals surface area contributed by atoms with E-state index in [0.29, 0.717) is 32.9 Å². The van der Waals surface area contributed by atoms with E-state index in [9.17, 15) is 9.59 Å². The van der Waals surface area contributed by atoms with Crippen LogP contribution in [-0.2, 0) is 0 Å². The standard InChI is InChI=1S/C26H27N5O2S/c1-16(2)31-24-20(15-27-31)19(14-22(28-24)18-11-7-6-10-17(18)3)25(32)29-21-12-8-9-13-23(21)34-26(33)30(4)5/h6-16H,1-5H3,(H,29,32). The molecule has 8 heteroatoms. The summed E-state index contributed by atoms with van der Waals surface area (Å²) in [7, 11) is 3.40. The van der Waals surface area contributed by atoms with Gasteiger partial charge in [0.05, 0.1) is 28.5 Å². The third-order valence-electron chi connectivity index (χ3n) is 5.42. The van der Waals surface area contributed by atoms with Crippen molar-refractivity contribution in [2.24, 2.45) is 0 Å². The Morgan fingerprint density at radius 1 is 1.06 bits per heavy atom. The molecule has 0 aliphatic rings. The molecule has 34 heavy (non-hydrogen) atoms. The van der Waals surface area contributed by atoms with Gasteiger partial charge >= 0.3 is 0 Å². The molecule has 0 unspecified atom stereocenters. The van der Waals surface area contributed by atoms with Crippen LogP contribution in [0.3, 0.4) is 0 Å². The smallest absolute Gasteiger partial charge is 0.286 e. The molecule has 0 fully saturated rings. The maximum absolute atomic E-state index is 13.6. The summed E-state index contributed by atoms with van der Waals surface area (Å²) in [4.78, 5) is 32.9. The number of amides is 2. The summed E-state index contributed by atoms with van der Waals surface area (Å²) >= 11 is 1.07. The lowest BCUT2D eigenvalue weighted by Gasteiger charge is -2.14. The van der Waals surface area contributed by atoms with E-state index < -0.39 is 0 Å². The fraction of sp³-hybridized carbons (Fsp3) is 0.231. The minimum absolute atomic E-state index is 0.0854. The predicted molar refractivity (Wildman–Crippen MR) is 137 cm³/mol. The first-order chi connectivity index (χ1) is 16.3. The van der Waals surface area contributed by atoms with E-state index in [0.717, 1.165) is 22.9 Å². The van der Waals surface area contributed by atoms with Crippen LogP contribution >= 0.6 is 11.8 Å². The SMILES string of the molecule is Cc1ccccc1-c1cc(C(=O)Nc2ccccc2SC(=O)N(C)C)c2cnn(C(C)C)c2n1. The van der Waals surface area contributed by atoms with E-state index >= 15 is 0 Å². The van der Waals surface area contributed by atoms with E-state index in [2.05, 4.69) is 10.4 Å². The number of rotatable bonds is 5. The number of para-hydroxylation sites is 1. The Hall–Kier alpha value is -3.65. The summed E-state index contributed by atoms with van der Waals surface area (Å²) in [6.07, 6.45) is 1.69. The molecule has 0 saturated heterocycles. The maximum Gasteiger partial charge on any atom is 0.286 e. The van der Waals surface area contributed by atoms with Crippen molar-refractivity contribution in [3.8, 4) is 11.3 Å². The van der Waals surface area contributed by atoms with E-state index in [1.807, 2.05) is 74.0 Å². The Kier molecular flexibility index (Phi) is 6.70. The van der Waals surface area contributed by atoms with Crippen LogP contribution in [0.25, 0.3) is 22.3 Å². The molecule has 0 saturated carbocycles. The Morgan fingerprint density at radius 2 is 1.76 bits per heavy atom. The molecule has 4 aromatic rings. The summed E-state index contributed by atoms with van der Waals surface area (Å²) in [6.45, 7) is 6.09. The number of thioether (sulfide) groups is 1. The zero-order chi connectivity index (χ0) is 24.4. The summed E-state index contributed by atoms with van der Waals surface area (Å²) in [5.74, 6) is -0.282. The molecule has 1 N–H and O–H groups in total. The second-order valence-electron chi connectivity index (χ2n) is 8.50. The van der Waals surface area contributed by atoms with Crippen molar-refractivity contribution in [2.45, 2.75) is 31.7 Å². The quantitative estimate of drug-likeness (QED) is 0.359. The molecule has 2 amide bonds. The first-order valence-corrected chi connectivity index (χ1v) is 11.8. The highest BCUT2D eigenvalue weighted by Crippen LogP contribution is 2.31. The average Bonchev–Trinajstić information content (AvgIpc) is 3.24. The minimum Gasteiger partial charge on any atom is -0.339 e. The van der Waals surface area contributed by atoms with Crippen LogP contribution in [0.4, 0.5) is 10.5 Å². The normalized spacial score (nSPS) is 11.1. The first kappa shape index (κ1) is 23.5. The van der Waals surface area contributed by atoms with Crippen LogP contribution < -0.4 is 5.32 Å². The summed E-state index contributed by atoms with van der Waals surface area (Å²) in [6, 6.07) is 17.1. The van der Waals surface area contributed by atoms with Gasteiger partial charge in [-0.15, -0.1) is 0 Å². The molecule has 2 heterocycles. The van der Waals surface area contributed by atoms with Gasteiger partial charge in [-0.05, 0) is 56.3 Å². The number of pyridine rings is 1. The molecular formula is C26H27N5O2S. The monoisotopic (exact) mass is 473 g/mol. The van der Waals surface area contributed by atoms with Crippen molar-refractivity contribution in [3.05, 3.63) is 71.9 Å². The van der Waals surface area contributed by atoms with Crippen LogP contribution in [0.1, 0.15) is 35.8 Å². The molecule has 0 aliphatic carbocycles. The predicted octanol–water partition coefficient (Wildman–Crippen LogP) is 6.01. The molecule has 174 valence electrons. The largest absolute Gasteiger partial charge is 0.339 e. The second-order valence-corrected chi connectivity index (χ2v) is 9.50. The zero-order valence-corrected chi connectivity index (χ0v) is 20.7. The number of carbonyl (C=O) groups excluding carboxylic acids is 2. The Balaban J connectivity index is 1.80. The second kappa shape index (κ2) is 9.69. The molecule has 0 bridgehead atoms. The van der Waals surface area contributed by atoms with Crippen LogP contribution in [0.2, 0.25) is 0 Å². The Morgan fingerprint density at radius 3 is 2.47 bits per heavy atom. The van der Waals surface area contributed by atoms with Gasteiger partial charge in [0.1, 0.15) is 0 Å². The van der Waals surface area contributed by atoms with Gasteiger partial charge in [-0.3, -0.25) is 9.59 Å². The molecule has 0 aliphatic heterocycles. The zero-order valence-electron chi connectivity index (χ0n) is 19.9. The third-order valence-corrected chi connectivity index (χ3v) is 6.53. The van der Waals surface area contributed by atoms with Gasteiger partial charge in [-0.2, -0.15) is 5.10 Å². The molecule has 7 nitrogen and oxygen atoms in total. The highest BCUT2D eigenvalue weighted by atomic mass is 32.2. The minimum atomic E-state index is -0.282. The van der Waals surface area contributed by atoms with Crippen molar-refractivity contribution in [2.75, 3.05) is 19.4 Å². The highest BCUT2D eigenvalue weighted by molar-refractivity contribution is 8.13. The van der Waals surface area contributed by atoms with Gasteiger partial charge in [0.15, 0.2) is 5.65 Å². The first-order valence-electron chi connectivity index (χ1n) is 11.0. The van der Waals surface area contributed by atoms with Crippen LogP contribution in [0, 0.1) is 6.92 Å². The lowest BCUT2D eigenvalue weighted by Crippen LogP contribution is -2.17. The lowest BCUT2D eigenvalue weighted by molar-refractivity contribution is 0.102. The summed E-state index contributed by atoms with van der Waals surface area (Å²) < 4.78 is 1.83.